The molecule has 464 valence electrons. The van der Waals surface area contributed by atoms with Crippen LogP contribution in [0.15, 0.2) is 36.5 Å². The molecule has 0 radical (unpaired) electrons. The van der Waals surface area contributed by atoms with E-state index >= 15 is 0 Å². The molecule has 0 aliphatic rings. The fourth-order valence-electron chi connectivity index (χ4n) is 10.8. The van der Waals surface area contributed by atoms with Crippen LogP contribution < -0.4 is 0 Å². The lowest BCUT2D eigenvalue weighted by Crippen LogP contribution is -2.30. The summed E-state index contributed by atoms with van der Waals surface area (Å²) in [7, 11) is 0. The minimum atomic E-state index is -0.781. The smallest absolute Gasteiger partial charge is 0.306 e. The van der Waals surface area contributed by atoms with Crippen LogP contribution in [0.2, 0.25) is 0 Å². The van der Waals surface area contributed by atoms with Gasteiger partial charge in [-0.3, -0.25) is 14.4 Å². The fraction of sp³-hybridized carbons (Fsp3) is 0.877. The first-order chi connectivity index (χ1) is 39.0. The Morgan fingerprint density at radius 3 is 0.734 bits per heavy atom. The Labute approximate surface area is 493 Å². The van der Waals surface area contributed by atoms with Crippen molar-refractivity contribution in [3.05, 3.63) is 36.5 Å². The number of carbonyl (C=O) groups is 3. The lowest BCUT2D eigenvalue weighted by atomic mass is 10.0. The van der Waals surface area contributed by atoms with Crippen LogP contribution in [0.3, 0.4) is 0 Å². The normalized spacial score (nSPS) is 12.2. The van der Waals surface area contributed by atoms with Crippen molar-refractivity contribution < 1.29 is 28.6 Å². The van der Waals surface area contributed by atoms with Crippen molar-refractivity contribution in [2.75, 3.05) is 13.2 Å². The molecule has 0 saturated carbocycles. The average Bonchev–Trinajstić information content (AvgIpc) is 3.45. The van der Waals surface area contributed by atoms with Crippen molar-refractivity contribution in [2.24, 2.45) is 0 Å². The Kier molecular flexibility index (Phi) is 66.1. The maximum absolute atomic E-state index is 12.9. The fourth-order valence-corrected chi connectivity index (χ4v) is 10.8. The third-order valence-electron chi connectivity index (χ3n) is 16.1. The number of unbranched alkanes of at least 4 members (excludes halogenated alkanes) is 49. The molecule has 0 amide bonds. The molecule has 0 aliphatic carbocycles. The lowest BCUT2D eigenvalue weighted by Gasteiger charge is -2.18. The van der Waals surface area contributed by atoms with Gasteiger partial charge < -0.3 is 14.2 Å². The van der Waals surface area contributed by atoms with E-state index in [2.05, 4.69) is 57.2 Å². The van der Waals surface area contributed by atoms with Gasteiger partial charge in [0.2, 0.25) is 0 Å². The Morgan fingerprint density at radius 2 is 0.456 bits per heavy atom. The molecule has 0 spiro atoms. The van der Waals surface area contributed by atoms with Gasteiger partial charge in [0.15, 0.2) is 6.10 Å². The Hall–Kier alpha value is -2.37. The summed E-state index contributed by atoms with van der Waals surface area (Å²) >= 11 is 0. The largest absolute Gasteiger partial charge is 0.462 e. The third kappa shape index (κ3) is 66.3. The summed E-state index contributed by atoms with van der Waals surface area (Å²) in [6, 6.07) is 0. The second kappa shape index (κ2) is 68.1. The van der Waals surface area contributed by atoms with Crippen molar-refractivity contribution in [1.82, 2.24) is 0 Å². The van der Waals surface area contributed by atoms with Crippen LogP contribution in [0.25, 0.3) is 0 Å². The predicted octanol–water partition coefficient (Wildman–Crippen LogP) is 24.3. The minimum Gasteiger partial charge on any atom is -0.462 e. The molecule has 0 aromatic carbocycles. The monoisotopic (exact) mass is 1110 g/mol. The van der Waals surface area contributed by atoms with Gasteiger partial charge in [-0.15, -0.1) is 0 Å². The molecule has 0 saturated heterocycles. The number of hydrogen-bond acceptors (Lipinski definition) is 6. The number of carbonyl (C=O) groups excluding carboxylic acids is 3. The molecule has 0 heterocycles. The quantitative estimate of drug-likeness (QED) is 0.0261. The van der Waals surface area contributed by atoms with E-state index in [4.69, 9.17) is 14.2 Å². The number of hydrogen-bond donors (Lipinski definition) is 0. The predicted molar refractivity (Wildman–Crippen MR) is 344 cm³/mol. The van der Waals surface area contributed by atoms with Crippen LogP contribution in [0.5, 0.6) is 0 Å². The molecule has 6 nitrogen and oxygen atoms in total. The Bertz CT molecular complexity index is 1320. The van der Waals surface area contributed by atoms with Crippen molar-refractivity contribution in [2.45, 2.75) is 399 Å². The van der Waals surface area contributed by atoms with E-state index in [-0.39, 0.29) is 31.1 Å². The van der Waals surface area contributed by atoms with Crippen molar-refractivity contribution in [3.8, 4) is 0 Å². The van der Waals surface area contributed by atoms with Crippen LogP contribution in [0, 0.1) is 0 Å². The molecule has 79 heavy (non-hydrogen) atoms. The zero-order valence-electron chi connectivity index (χ0n) is 53.4. The van der Waals surface area contributed by atoms with Crippen LogP contribution >= 0.6 is 0 Å². The summed E-state index contributed by atoms with van der Waals surface area (Å²) in [6.07, 6.45) is 84.8. The maximum atomic E-state index is 12.9. The number of allylic oxidation sites excluding steroid dienone is 6. The molecule has 0 bridgehead atoms. The second-order valence-corrected chi connectivity index (χ2v) is 24.1. The molecule has 1 unspecified atom stereocenters. The van der Waals surface area contributed by atoms with Gasteiger partial charge in [0.25, 0.3) is 0 Å². The first-order valence-electron chi connectivity index (χ1n) is 35.5. The molecule has 0 aromatic heterocycles. The molecule has 0 N–H and O–H groups in total. The Morgan fingerprint density at radius 1 is 0.253 bits per heavy atom. The number of ether oxygens (including phenoxy) is 3. The van der Waals surface area contributed by atoms with E-state index in [9.17, 15) is 14.4 Å². The van der Waals surface area contributed by atoms with Crippen LogP contribution in [-0.2, 0) is 28.6 Å². The zero-order chi connectivity index (χ0) is 57.1. The highest BCUT2D eigenvalue weighted by Crippen LogP contribution is 2.19. The summed E-state index contributed by atoms with van der Waals surface area (Å²) in [6.45, 7) is 6.65. The van der Waals surface area contributed by atoms with Crippen molar-refractivity contribution in [3.63, 3.8) is 0 Å². The highest BCUT2D eigenvalue weighted by atomic mass is 16.6. The first-order valence-corrected chi connectivity index (χ1v) is 35.5. The highest BCUT2D eigenvalue weighted by Gasteiger charge is 2.19. The van der Waals surface area contributed by atoms with E-state index in [1.54, 1.807) is 0 Å². The van der Waals surface area contributed by atoms with Gasteiger partial charge in [-0.2, -0.15) is 0 Å². The molecule has 1 atom stereocenters. The molecule has 6 heteroatoms. The number of esters is 3. The molecule has 0 aliphatic heterocycles. The summed E-state index contributed by atoms with van der Waals surface area (Å²) < 4.78 is 16.9. The van der Waals surface area contributed by atoms with Gasteiger partial charge in [-0.05, 0) is 77.0 Å². The van der Waals surface area contributed by atoms with Gasteiger partial charge >= 0.3 is 17.9 Å². The zero-order valence-corrected chi connectivity index (χ0v) is 53.4. The molecular weight excluding hydrogens is 973 g/mol. The van der Waals surface area contributed by atoms with Gasteiger partial charge in [0.05, 0.1) is 0 Å². The van der Waals surface area contributed by atoms with E-state index in [1.165, 1.54) is 263 Å². The van der Waals surface area contributed by atoms with Gasteiger partial charge in [0, 0.05) is 19.3 Å². The second-order valence-electron chi connectivity index (χ2n) is 24.1. The van der Waals surface area contributed by atoms with E-state index in [1.807, 2.05) is 0 Å². The standard InChI is InChI=1S/C73H136O6/c1-4-7-10-13-16-19-22-25-28-29-30-31-32-33-34-35-36-37-38-39-40-41-42-43-44-46-48-51-54-57-60-63-66-72(75)78-69-70(68-77-71(74)65-62-59-56-53-50-47-27-24-21-18-15-12-9-6-3)79-73(76)67-64-61-58-55-52-49-45-26-23-20-17-14-11-8-5-2/h17,20,24,26-27,45,70H,4-16,18-19,21-23,25,28-44,46-69H2,1-3H3/b20-17-,27-24-,45-26-. The SMILES string of the molecule is CCCCC/C=C\C/C=C\CCCCCCCC(=O)OC(COC(=O)CCCCCCC/C=C\CCCCCCC)COC(=O)CCCCCCCCCCCCCCCCCCCCCCCCCCCCCCCCCC. The number of rotatable bonds is 66. The molecule has 0 aromatic rings. The van der Waals surface area contributed by atoms with Gasteiger partial charge in [-0.25, -0.2) is 0 Å². The van der Waals surface area contributed by atoms with Crippen molar-refractivity contribution >= 4 is 17.9 Å². The summed E-state index contributed by atoms with van der Waals surface area (Å²) in [5, 5.41) is 0. The van der Waals surface area contributed by atoms with E-state index in [0.717, 1.165) is 89.9 Å². The average molecular weight is 1110 g/mol. The van der Waals surface area contributed by atoms with Crippen LogP contribution in [0.1, 0.15) is 393 Å². The van der Waals surface area contributed by atoms with Gasteiger partial charge in [0.1, 0.15) is 13.2 Å². The Balaban J connectivity index is 4.11. The molecule has 0 fully saturated rings. The third-order valence-corrected chi connectivity index (χ3v) is 16.1. The topological polar surface area (TPSA) is 78.9 Å². The summed E-state index contributed by atoms with van der Waals surface area (Å²) in [4.78, 5) is 38.3. The molecule has 0 rings (SSSR count). The van der Waals surface area contributed by atoms with E-state index in [0.29, 0.717) is 19.3 Å². The summed E-state index contributed by atoms with van der Waals surface area (Å²) in [5.74, 6) is -0.875. The van der Waals surface area contributed by atoms with Crippen LogP contribution in [0.4, 0.5) is 0 Å². The van der Waals surface area contributed by atoms with Crippen LogP contribution in [-0.4, -0.2) is 37.2 Å². The van der Waals surface area contributed by atoms with Crippen molar-refractivity contribution in [1.29, 1.82) is 0 Å². The lowest BCUT2D eigenvalue weighted by molar-refractivity contribution is -0.167. The first kappa shape index (κ1) is 76.6. The maximum Gasteiger partial charge on any atom is 0.306 e. The highest BCUT2D eigenvalue weighted by molar-refractivity contribution is 5.71. The molecular formula is C73H136O6. The summed E-state index contributed by atoms with van der Waals surface area (Å²) in [5.41, 5.74) is 0. The minimum absolute atomic E-state index is 0.0764. The van der Waals surface area contributed by atoms with Gasteiger partial charge in [-0.1, -0.05) is 333 Å². The van der Waals surface area contributed by atoms with E-state index < -0.39 is 6.10 Å².